The lowest BCUT2D eigenvalue weighted by Gasteiger charge is -2.16. The van der Waals surface area contributed by atoms with E-state index in [4.69, 9.17) is 4.74 Å². The molecule has 0 radical (unpaired) electrons. The maximum absolute atomic E-state index is 11.4. The molecule has 0 aromatic heterocycles. The molecule has 14 heavy (non-hydrogen) atoms. The van der Waals surface area contributed by atoms with E-state index >= 15 is 0 Å². The molecule has 0 aromatic carbocycles. The van der Waals surface area contributed by atoms with Crippen LogP contribution in [-0.4, -0.2) is 23.8 Å². The van der Waals surface area contributed by atoms with Crippen LogP contribution < -0.4 is 5.09 Å². The Balaban J connectivity index is 4.01. The number of ether oxygens (including phenoxy) is 1. The zero-order chi connectivity index (χ0) is 11.3. The molecule has 0 rings (SSSR count). The quantitative estimate of drug-likeness (QED) is 0.568. The van der Waals surface area contributed by atoms with Gasteiger partial charge in [0.05, 0.1) is 6.10 Å². The van der Waals surface area contributed by atoms with Crippen LogP contribution >= 0.6 is 7.95 Å². The van der Waals surface area contributed by atoms with E-state index in [0.29, 0.717) is 0 Å². The van der Waals surface area contributed by atoms with Gasteiger partial charge in [0.15, 0.2) is 0 Å². The molecule has 5 heteroatoms. The van der Waals surface area contributed by atoms with Gasteiger partial charge in [-0.15, -0.1) is 0 Å². The molecule has 1 N–H and O–H groups in total. The Hall–Kier alpha value is -0.340. The molecule has 2 atom stereocenters. The van der Waals surface area contributed by atoms with Crippen molar-refractivity contribution in [3.05, 3.63) is 0 Å². The van der Waals surface area contributed by atoms with E-state index in [-0.39, 0.29) is 17.7 Å². The first-order valence-electron chi connectivity index (χ1n) is 4.85. The number of esters is 1. The lowest BCUT2D eigenvalue weighted by Crippen LogP contribution is -2.33. The van der Waals surface area contributed by atoms with Crippen LogP contribution in [-0.2, 0) is 14.1 Å². The highest BCUT2D eigenvalue weighted by Crippen LogP contribution is 2.22. The summed E-state index contributed by atoms with van der Waals surface area (Å²) < 4.78 is 16.4. The summed E-state index contributed by atoms with van der Waals surface area (Å²) in [4.78, 5) is 11.3. The van der Waals surface area contributed by atoms with Crippen molar-refractivity contribution in [1.82, 2.24) is 5.09 Å². The van der Waals surface area contributed by atoms with E-state index < -0.39 is 14.0 Å². The predicted molar refractivity (Wildman–Crippen MR) is 58.0 cm³/mol. The molecule has 0 saturated carbocycles. The first kappa shape index (κ1) is 13.7. The Bertz CT molecular complexity index is 216. The van der Waals surface area contributed by atoms with Gasteiger partial charge in [0.2, 0.25) is 0 Å². The molecule has 0 heterocycles. The summed E-state index contributed by atoms with van der Waals surface area (Å²) in [5, 5.41) is 2.76. The van der Waals surface area contributed by atoms with E-state index in [2.05, 4.69) is 5.09 Å². The van der Waals surface area contributed by atoms with E-state index in [1.165, 1.54) is 0 Å². The fourth-order valence-corrected chi connectivity index (χ4v) is 1.65. The molecule has 0 spiro atoms. The first-order valence-corrected chi connectivity index (χ1v) is 6.34. The summed E-state index contributed by atoms with van der Waals surface area (Å²) in [6, 6.07) is -0.494. The number of carbonyl (C=O) groups excluding carboxylic acids is 1. The minimum Gasteiger partial charge on any atom is -0.462 e. The summed E-state index contributed by atoms with van der Waals surface area (Å²) >= 11 is 0. The number of carbonyl (C=O) groups is 1. The minimum atomic E-state index is -1.89. The molecule has 0 aliphatic rings. The van der Waals surface area contributed by atoms with Gasteiger partial charge in [-0.25, -0.2) is 0 Å². The second-order valence-electron chi connectivity index (χ2n) is 3.87. The van der Waals surface area contributed by atoms with Crippen LogP contribution in [0.25, 0.3) is 0 Å². The lowest BCUT2D eigenvalue weighted by molar-refractivity contribution is -0.148. The molecule has 0 aliphatic carbocycles. The van der Waals surface area contributed by atoms with Gasteiger partial charge in [-0.05, 0) is 20.8 Å². The fraction of sp³-hybridized carbons (Fsp3) is 0.889. The molecular weight excluding hydrogens is 201 g/mol. The maximum Gasteiger partial charge on any atom is 0.323 e. The van der Waals surface area contributed by atoms with Gasteiger partial charge in [0.25, 0.3) is 0 Å². The number of hydrogen-bond acceptors (Lipinski definition) is 3. The predicted octanol–water partition coefficient (Wildman–Crippen LogP) is 1.80. The van der Waals surface area contributed by atoms with E-state index in [0.717, 1.165) is 0 Å². The summed E-state index contributed by atoms with van der Waals surface area (Å²) in [5.74, 6) is -0.348. The van der Waals surface area contributed by atoms with Crippen LogP contribution in [0.5, 0.6) is 0 Å². The number of rotatable bonds is 5. The first-order chi connectivity index (χ1) is 6.34. The molecule has 0 saturated heterocycles. The Labute approximate surface area is 86.2 Å². The van der Waals surface area contributed by atoms with Crippen molar-refractivity contribution >= 4 is 13.9 Å². The highest BCUT2D eigenvalue weighted by atomic mass is 31.1. The summed E-state index contributed by atoms with van der Waals surface area (Å²) in [5.41, 5.74) is 0.0642. The summed E-state index contributed by atoms with van der Waals surface area (Å²) in [6.45, 7) is 8.95. The average Bonchev–Trinajstić information content (AvgIpc) is 2.02. The smallest absolute Gasteiger partial charge is 0.323 e. The van der Waals surface area contributed by atoms with Crippen molar-refractivity contribution in [2.75, 3.05) is 0 Å². The Kier molecular flexibility index (Phi) is 6.05. The average molecular weight is 221 g/mol. The molecule has 0 aliphatic heterocycles. The normalized spacial score (nSPS) is 15.6. The van der Waals surface area contributed by atoms with Crippen molar-refractivity contribution < 1.29 is 14.1 Å². The Morgan fingerprint density at radius 2 is 1.71 bits per heavy atom. The monoisotopic (exact) mass is 221 g/mol. The van der Waals surface area contributed by atoms with E-state index in [1.807, 2.05) is 13.8 Å². The standard InChI is InChI=1S/C9H20NO3P/c1-6(2)13-9(11)8(5)10-14(12)7(3)4/h6-8,14H,1-5H3,(H,10,12)/t8-/m0/s1. The van der Waals surface area contributed by atoms with Crippen molar-refractivity contribution in [3.63, 3.8) is 0 Å². The molecule has 4 nitrogen and oxygen atoms in total. The van der Waals surface area contributed by atoms with E-state index in [1.54, 1.807) is 20.8 Å². The molecular formula is C9H20NO3P. The largest absolute Gasteiger partial charge is 0.462 e. The topological polar surface area (TPSA) is 55.4 Å². The van der Waals surface area contributed by atoms with Gasteiger partial charge in [0, 0.05) is 5.66 Å². The SMILES string of the molecule is CC(C)OC(=O)[C@H](C)N[PH](=O)C(C)C. The molecule has 0 aromatic rings. The second-order valence-corrected chi connectivity index (χ2v) is 6.04. The third-order valence-electron chi connectivity index (χ3n) is 1.59. The van der Waals surface area contributed by atoms with Gasteiger partial charge in [-0.2, -0.15) is 0 Å². The highest BCUT2D eigenvalue weighted by molar-refractivity contribution is 7.43. The van der Waals surface area contributed by atoms with Crippen molar-refractivity contribution in [2.45, 2.75) is 52.4 Å². The van der Waals surface area contributed by atoms with Crippen LogP contribution in [0.2, 0.25) is 0 Å². The lowest BCUT2D eigenvalue weighted by atomic mass is 10.4. The van der Waals surface area contributed by atoms with Crippen LogP contribution in [0.15, 0.2) is 0 Å². The molecule has 84 valence electrons. The number of hydrogen-bond donors (Lipinski definition) is 1. The van der Waals surface area contributed by atoms with Crippen LogP contribution in [0.4, 0.5) is 0 Å². The number of nitrogens with one attached hydrogen (secondary N) is 1. The van der Waals surface area contributed by atoms with Gasteiger partial charge < -0.3 is 9.30 Å². The van der Waals surface area contributed by atoms with Crippen molar-refractivity contribution in [3.8, 4) is 0 Å². The fourth-order valence-electron chi connectivity index (χ4n) is 0.773. The van der Waals surface area contributed by atoms with Gasteiger partial charge in [-0.3, -0.25) is 9.88 Å². The molecule has 0 fully saturated rings. The van der Waals surface area contributed by atoms with E-state index in [9.17, 15) is 9.36 Å². The van der Waals surface area contributed by atoms with Gasteiger partial charge in [-0.1, -0.05) is 13.8 Å². The van der Waals surface area contributed by atoms with Gasteiger partial charge >= 0.3 is 5.97 Å². The zero-order valence-corrected chi connectivity index (χ0v) is 10.5. The minimum absolute atomic E-state index is 0.0642. The molecule has 0 amide bonds. The van der Waals surface area contributed by atoms with Crippen LogP contribution in [0.1, 0.15) is 34.6 Å². The highest BCUT2D eigenvalue weighted by Gasteiger charge is 2.18. The summed E-state index contributed by atoms with van der Waals surface area (Å²) in [7, 11) is -1.89. The van der Waals surface area contributed by atoms with Gasteiger partial charge in [0.1, 0.15) is 14.0 Å². The third kappa shape index (κ3) is 5.40. The molecule has 0 bridgehead atoms. The Morgan fingerprint density at radius 3 is 2.07 bits per heavy atom. The van der Waals surface area contributed by atoms with Crippen LogP contribution in [0.3, 0.4) is 0 Å². The third-order valence-corrected chi connectivity index (χ3v) is 3.35. The Morgan fingerprint density at radius 1 is 1.21 bits per heavy atom. The summed E-state index contributed by atoms with van der Waals surface area (Å²) in [6.07, 6.45) is -0.131. The van der Waals surface area contributed by atoms with Crippen molar-refractivity contribution in [2.24, 2.45) is 0 Å². The van der Waals surface area contributed by atoms with Crippen LogP contribution in [0, 0.1) is 0 Å². The zero-order valence-electron chi connectivity index (χ0n) is 9.46. The second kappa shape index (κ2) is 6.20. The maximum atomic E-state index is 11.4. The van der Waals surface area contributed by atoms with Crippen molar-refractivity contribution in [1.29, 1.82) is 0 Å². The molecule has 1 unspecified atom stereocenters.